The Morgan fingerprint density at radius 1 is 0.655 bits per heavy atom. The maximum absolute atomic E-state index is 5.76. The third-order valence-electron chi connectivity index (χ3n) is 3.84. The van der Waals surface area contributed by atoms with Gasteiger partial charge in [-0.2, -0.15) is 0 Å². The predicted octanol–water partition coefficient (Wildman–Crippen LogP) is 6.25. The summed E-state index contributed by atoms with van der Waals surface area (Å²) < 4.78 is 32.3. The van der Waals surface area contributed by atoms with Gasteiger partial charge in [0.1, 0.15) is 11.5 Å². The van der Waals surface area contributed by atoms with Crippen molar-refractivity contribution < 1.29 is 27.1 Å². The molecule has 0 saturated heterocycles. The van der Waals surface area contributed by atoms with Gasteiger partial charge < -0.3 is 27.1 Å². The summed E-state index contributed by atoms with van der Waals surface area (Å²) in [6.45, 7) is -1.61. The van der Waals surface area contributed by atoms with E-state index in [0.717, 1.165) is 20.9 Å². The van der Waals surface area contributed by atoms with Crippen LogP contribution in [0.25, 0.3) is 0 Å². The fourth-order valence-corrected chi connectivity index (χ4v) is 5.24. The van der Waals surface area contributed by atoms with Gasteiger partial charge in [0.15, 0.2) is 0 Å². The van der Waals surface area contributed by atoms with Gasteiger partial charge in [0.2, 0.25) is 0 Å². The maximum Gasteiger partial charge on any atom is 0.380 e. The first-order valence-electron chi connectivity index (χ1n) is 8.39. The first-order valence-corrected chi connectivity index (χ1v) is 14.3. The summed E-state index contributed by atoms with van der Waals surface area (Å²) in [5.74, 6) is 1.29. The lowest BCUT2D eigenvalue weighted by molar-refractivity contribution is 0.272. The molecule has 0 saturated carbocycles. The monoisotopic (exact) mass is 494 g/mol. The van der Waals surface area contributed by atoms with Crippen LogP contribution in [0.15, 0.2) is 46.2 Å². The van der Waals surface area contributed by atoms with Gasteiger partial charge in [0.05, 0.1) is 0 Å². The summed E-state index contributed by atoms with van der Waals surface area (Å²) in [4.78, 5) is 2.12. The van der Waals surface area contributed by atoms with Crippen molar-refractivity contribution in [1.29, 1.82) is 0 Å². The smallest absolute Gasteiger partial charge is 0.380 e. The zero-order chi connectivity index (χ0) is 21.7. The average Bonchev–Trinajstić information content (AvgIpc) is 2.72. The van der Waals surface area contributed by atoms with Gasteiger partial charge in [-0.05, 0) is 61.4 Å². The Morgan fingerprint density at radius 3 is 1.28 bits per heavy atom. The molecule has 0 fully saturated rings. The second-order valence-corrected chi connectivity index (χ2v) is 13.2. The van der Waals surface area contributed by atoms with Crippen molar-refractivity contribution in [3.8, 4) is 11.5 Å². The van der Waals surface area contributed by atoms with Crippen LogP contribution < -0.4 is 9.05 Å². The highest BCUT2D eigenvalue weighted by molar-refractivity contribution is 8.08. The van der Waals surface area contributed by atoms with Crippen molar-refractivity contribution in [3.05, 3.63) is 47.5 Å². The van der Waals surface area contributed by atoms with E-state index >= 15 is 0 Å². The molecule has 0 amide bonds. The number of hydrogen-bond donors (Lipinski definition) is 0. The lowest BCUT2D eigenvalue weighted by Gasteiger charge is -2.20. The molecule has 0 atom stereocenters. The Kier molecular flexibility index (Phi) is 9.16. The van der Waals surface area contributed by atoms with Crippen LogP contribution in [-0.4, -0.2) is 28.4 Å². The highest BCUT2D eigenvalue weighted by Gasteiger charge is 2.21. The molecule has 0 spiro atoms. The van der Waals surface area contributed by atoms with Gasteiger partial charge in [-0.15, -0.1) is 0 Å². The zero-order valence-electron chi connectivity index (χ0n) is 17.0. The van der Waals surface area contributed by atoms with Crippen molar-refractivity contribution in [2.24, 2.45) is 0 Å². The molecule has 11 heteroatoms. The Morgan fingerprint density at radius 2 is 1.00 bits per heavy atom. The molecule has 0 N–H and O–H groups in total. The molecule has 6 nitrogen and oxygen atoms in total. The molecule has 29 heavy (non-hydrogen) atoms. The van der Waals surface area contributed by atoms with Gasteiger partial charge in [-0.3, -0.25) is 0 Å². The molecule has 0 unspecified atom stereocenters. The maximum atomic E-state index is 5.76. The average molecular weight is 495 g/mol. The van der Waals surface area contributed by atoms with Crippen LogP contribution in [0.5, 0.6) is 11.5 Å². The van der Waals surface area contributed by atoms with Crippen molar-refractivity contribution in [2.45, 2.75) is 23.6 Å². The van der Waals surface area contributed by atoms with Gasteiger partial charge in [0.25, 0.3) is 0 Å². The lowest BCUT2D eigenvalue weighted by atomic mass is 10.2. The Hall–Kier alpha value is -0.470. The number of aryl methyl sites for hydroxylation is 2. The van der Waals surface area contributed by atoms with Gasteiger partial charge in [-0.1, -0.05) is 11.8 Å². The zero-order valence-corrected chi connectivity index (χ0v) is 21.3. The molecule has 160 valence electrons. The molecular formula is C18H24O6P2S3. The topological polar surface area (TPSA) is 55.4 Å². The summed E-state index contributed by atoms with van der Waals surface area (Å²) in [5, 5.41) is 0. The fourth-order valence-electron chi connectivity index (χ4n) is 2.25. The van der Waals surface area contributed by atoms with E-state index in [1.165, 1.54) is 28.4 Å². The number of rotatable bonds is 10. The quantitative estimate of drug-likeness (QED) is 0.357. The normalized spacial score (nSPS) is 12.1. The van der Waals surface area contributed by atoms with E-state index in [0.29, 0.717) is 11.5 Å². The highest BCUT2D eigenvalue weighted by Crippen LogP contribution is 2.50. The molecule has 2 rings (SSSR count). The van der Waals surface area contributed by atoms with Crippen molar-refractivity contribution in [3.63, 3.8) is 0 Å². The van der Waals surface area contributed by atoms with Crippen LogP contribution in [0.1, 0.15) is 11.1 Å². The van der Waals surface area contributed by atoms with E-state index in [9.17, 15) is 0 Å². The first-order chi connectivity index (χ1) is 13.7. The van der Waals surface area contributed by atoms with Crippen LogP contribution in [0, 0.1) is 13.8 Å². The predicted molar refractivity (Wildman–Crippen MR) is 124 cm³/mol. The van der Waals surface area contributed by atoms with E-state index in [2.05, 4.69) is 0 Å². The first kappa shape index (κ1) is 24.8. The Labute approximate surface area is 186 Å². The van der Waals surface area contributed by atoms with Crippen LogP contribution in [0.4, 0.5) is 0 Å². The van der Waals surface area contributed by atoms with Crippen LogP contribution >= 0.6 is 25.2 Å². The van der Waals surface area contributed by atoms with Crippen molar-refractivity contribution >= 4 is 48.8 Å². The molecule has 0 aliphatic carbocycles. The minimum absolute atomic E-state index is 0.645. The molecular weight excluding hydrogens is 470 g/mol. The summed E-state index contributed by atoms with van der Waals surface area (Å²) in [7, 11) is 5.93. The number of hydrogen-bond acceptors (Lipinski definition) is 9. The fraction of sp³-hybridized carbons (Fsp3) is 0.333. The summed E-state index contributed by atoms with van der Waals surface area (Å²) >= 11 is 12.2. The number of benzene rings is 2. The van der Waals surface area contributed by atoms with Crippen molar-refractivity contribution in [1.82, 2.24) is 0 Å². The van der Waals surface area contributed by atoms with Gasteiger partial charge in [0, 0.05) is 61.8 Å². The summed E-state index contributed by atoms with van der Waals surface area (Å²) in [6.07, 6.45) is 0. The van der Waals surface area contributed by atoms with E-state index in [1.54, 1.807) is 11.8 Å². The largest absolute Gasteiger partial charge is 0.424 e. The molecule has 0 bridgehead atoms. The molecule has 0 aromatic heterocycles. The van der Waals surface area contributed by atoms with Crippen molar-refractivity contribution in [2.75, 3.05) is 28.4 Å². The van der Waals surface area contributed by atoms with Gasteiger partial charge in [-0.25, -0.2) is 0 Å². The Balaban J connectivity index is 2.16. The second kappa shape index (κ2) is 10.7. The third-order valence-corrected chi connectivity index (χ3v) is 9.69. The van der Waals surface area contributed by atoms with Gasteiger partial charge >= 0.3 is 13.4 Å². The molecule has 0 aliphatic heterocycles. The lowest BCUT2D eigenvalue weighted by Crippen LogP contribution is -1.98. The molecule has 2 aromatic carbocycles. The molecule has 0 radical (unpaired) electrons. The minimum atomic E-state index is -2.76. The highest BCUT2D eigenvalue weighted by atomic mass is 32.5. The van der Waals surface area contributed by atoms with E-state index in [-0.39, 0.29) is 0 Å². The van der Waals surface area contributed by atoms with Crippen LogP contribution in [-0.2, 0) is 41.7 Å². The SMILES string of the molecule is COP(=S)(OC)Oc1ccc(Sc2ccc(OP(=S)(OC)OC)c(C)c2)cc1C. The van der Waals surface area contributed by atoms with Crippen LogP contribution in [0.2, 0.25) is 0 Å². The molecule has 0 aliphatic rings. The van der Waals surface area contributed by atoms with E-state index < -0.39 is 13.4 Å². The van der Waals surface area contributed by atoms with Crippen LogP contribution in [0.3, 0.4) is 0 Å². The van der Waals surface area contributed by atoms with E-state index in [1.807, 2.05) is 50.2 Å². The molecule has 2 aromatic rings. The van der Waals surface area contributed by atoms with E-state index in [4.69, 9.17) is 50.8 Å². The standard InChI is InChI=1S/C18H24O6P2S3/c1-13-11-15(7-9-17(13)23-25(27,19-3)20-4)29-16-8-10-18(14(2)12-16)24-26(28,21-5)22-6/h7-12H,1-6H3. The third kappa shape index (κ3) is 6.76. The minimum Gasteiger partial charge on any atom is -0.424 e. The summed E-state index contributed by atoms with van der Waals surface area (Å²) in [5.41, 5.74) is 1.88. The summed E-state index contributed by atoms with van der Waals surface area (Å²) in [6, 6.07) is 11.7. The molecule has 0 heterocycles. The Bertz CT molecular complexity index is 862. The second-order valence-electron chi connectivity index (χ2n) is 5.76.